The summed E-state index contributed by atoms with van der Waals surface area (Å²) in [6.07, 6.45) is 5.64. The maximum Gasteiger partial charge on any atom is 0.331 e. The number of hydrogen-bond acceptors (Lipinski definition) is 3. The fourth-order valence-corrected chi connectivity index (χ4v) is 3.28. The fourth-order valence-electron chi connectivity index (χ4n) is 3.28. The zero-order valence-corrected chi connectivity index (χ0v) is 10.6. The Kier molecular flexibility index (Phi) is 2.47. The van der Waals surface area contributed by atoms with E-state index < -0.39 is 17.4 Å². The van der Waals surface area contributed by atoms with Crippen LogP contribution in [0.25, 0.3) is 0 Å². The number of nitrogens with one attached hydrogen (secondary N) is 1. The lowest BCUT2D eigenvalue weighted by Crippen LogP contribution is -2.62. The van der Waals surface area contributed by atoms with Gasteiger partial charge in [0.25, 0.3) is 0 Å². The molecule has 0 bridgehead atoms. The molecule has 1 atom stereocenters. The molecule has 4 amide bonds. The van der Waals surface area contributed by atoms with Gasteiger partial charge in [-0.15, -0.1) is 0 Å². The van der Waals surface area contributed by atoms with Crippen LogP contribution in [0.15, 0.2) is 0 Å². The van der Waals surface area contributed by atoms with E-state index >= 15 is 0 Å². The van der Waals surface area contributed by atoms with Crippen LogP contribution in [0.2, 0.25) is 0 Å². The van der Waals surface area contributed by atoms with Crippen LogP contribution >= 0.6 is 0 Å². The minimum Gasteiger partial charge on any atom is -0.277 e. The molecule has 1 unspecified atom stereocenters. The van der Waals surface area contributed by atoms with E-state index in [-0.39, 0.29) is 11.9 Å². The highest BCUT2D eigenvalue weighted by atomic mass is 16.2. The van der Waals surface area contributed by atoms with E-state index in [9.17, 15) is 14.4 Å². The fraction of sp³-hybridized carbons (Fsp3) is 0.769. The molecule has 1 saturated heterocycles. The lowest BCUT2D eigenvalue weighted by Gasteiger charge is -2.36. The van der Waals surface area contributed by atoms with Gasteiger partial charge in [0.2, 0.25) is 11.8 Å². The minimum atomic E-state index is -0.902. The number of carbonyl (C=O) groups is 3. The highest BCUT2D eigenvalue weighted by molar-refractivity contribution is 6.21. The number of nitrogens with zero attached hydrogens (tertiary/aromatic N) is 1. The SMILES string of the molecule is CC(C1CCCC1)N1C(=O)NC(=O)C2(CC2)C1=O. The van der Waals surface area contributed by atoms with Gasteiger partial charge in [-0.2, -0.15) is 0 Å². The second kappa shape index (κ2) is 3.80. The van der Waals surface area contributed by atoms with Crippen molar-refractivity contribution in [2.45, 2.75) is 51.5 Å². The van der Waals surface area contributed by atoms with E-state index in [1.165, 1.54) is 17.7 Å². The summed E-state index contributed by atoms with van der Waals surface area (Å²) in [5.41, 5.74) is -0.902. The first-order valence-corrected chi connectivity index (χ1v) is 6.75. The number of carbonyl (C=O) groups excluding carboxylic acids is 3. The van der Waals surface area contributed by atoms with Crippen LogP contribution in [-0.2, 0) is 9.59 Å². The van der Waals surface area contributed by atoms with Crippen molar-refractivity contribution in [1.82, 2.24) is 10.2 Å². The second-order valence-corrected chi connectivity index (χ2v) is 5.80. The Morgan fingerprint density at radius 2 is 1.83 bits per heavy atom. The molecule has 98 valence electrons. The molecule has 2 aliphatic carbocycles. The summed E-state index contributed by atoms with van der Waals surface area (Å²) in [5.74, 6) is -0.272. The number of urea groups is 1. The second-order valence-electron chi connectivity index (χ2n) is 5.80. The predicted octanol–water partition coefficient (Wildman–Crippen LogP) is 1.42. The third-order valence-corrected chi connectivity index (χ3v) is 4.74. The van der Waals surface area contributed by atoms with E-state index in [0.29, 0.717) is 18.8 Å². The van der Waals surface area contributed by atoms with Crippen LogP contribution in [-0.4, -0.2) is 28.8 Å². The first kappa shape index (κ1) is 11.7. The van der Waals surface area contributed by atoms with Gasteiger partial charge in [0, 0.05) is 6.04 Å². The average Bonchev–Trinajstić information content (AvgIpc) is 2.95. The van der Waals surface area contributed by atoms with Crippen molar-refractivity contribution in [2.75, 3.05) is 0 Å². The van der Waals surface area contributed by atoms with Crippen molar-refractivity contribution < 1.29 is 14.4 Å². The van der Waals surface area contributed by atoms with Gasteiger partial charge in [-0.05, 0) is 38.5 Å². The summed E-state index contributed by atoms with van der Waals surface area (Å²) >= 11 is 0. The predicted molar refractivity (Wildman–Crippen MR) is 63.5 cm³/mol. The number of hydrogen-bond donors (Lipinski definition) is 1. The Morgan fingerprint density at radius 3 is 2.39 bits per heavy atom. The normalized spacial score (nSPS) is 28.7. The van der Waals surface area contributed by atoms with Crippen molar-refractivity contribution in [1.29, 1.82) is 0 Å². The third kappa shape index (κ3) is 1.49. The van der Waals surface area contributed by atoms with E-state index in [1.807, 2.05) is 6.92 Å². The number of rotatable bonds is 2. The summed E-state index contributed by atoms with van der Waals surface area (Å²) in [6, 6.07) is -0.618. The minimum absolute atomic E-state index is 0.0921. The first-order chi connectivity index (χ1) is 8.56. The van der Waals surface area contributed by atoms with Crippen molar-refractivity contribution in [3.8, 4) is 0 Å². The molecule has 3 rings (SSSR count). The van der Waals surface area contributed by atoms with Gasteiger partial charge in [0.05, 0.1) is 0 Å². The summed E-state index contributed by atoms with van der Waals surface area (Å²) in [7, 11) is 0. The molecule has 1 aliphatic heterocycles. The molecule has 1 N–H and O–H groups in total. The van der Waals surface area contributed by atoms with Gasteiger partial charge in [-0.25, -0.2) is 4.79 Å². The molecule has 0 radical (unpaired) electrons. The van der Waals surface area contributed by atoms with Gasteiger partial charge in [0.1, 0.15) is 5.41 Å². The Balaban J connectivity index is 1.83. The molecular weight excluding hydrogens is 232 g/mol. The molecule has 2 saturated carbocycles. The molecule has 5 nitrogen and oxygen atoms in total. The van der Waals surface area contributed by atoms with Crippen LogP contribution < -0.4 is 5.32 Å². The van der Waals surface area contributed by atoms with E-state index in [1.54, 1.807) is 0 Å². The van der Waals surface area contributed by atoms with Gasteiger partial charge in [-0.1, -0.05) is 12.8 Å². The Morgan fingerprint density at radius 1 is 1.22 bits per heavy atom. The summed E-state index contributed by atoms with van der Waals surface area (Å²) in [4.78, 5) is 37.3. The van der Waals surface area contributed by atoms with E-state index in [2.05, 4.69) is 5.32 Å². The molecule has 3 aliphatic rings. The molecule has 18 heavy (non-hydrogen) atoms. The maximum atomic E-state index is 12.4. The zero-order chi connectivity index (χ0) is 12.9. The quantitative estimate of drug-likeness (QED) is 0.754. The van der Waals surface area contributed by atoms with Crippen molar-refractivity contribution in [3.05, 3.63) is 0 Å². The van der Waals surface area contributed by atoms with Gasteiger partial charge >= 0.3 is 6.03 Å². The third-order valence-electron chi connectivity index (χ3n) is 4.74. The van der Waals surface area contributed by atoms with Crippen molar-refractivity contribution in [3.63, 3.8) is 0 Å². The van der Waals surface area contributed by atoms with Gasteiger partial charge < -0.3 is 0 Å². The average molecular weight is 250 g/mol. The number of barbiturate groups is 1. The van der Waals surface area contributed by atoms with Gasteiger partial charge in [0.15, 0.2) is 0 Å². The van der Waals surface area contributed by atoms with Gasteiger partial charge in [-0.3, -0.25) is 19.8 Å². The van der Waals surface area contributed by atoms with E-state index in [4.69, 9.17) is 0 Å². The molecule has 1 heterocycles. The summed E-state index contributed by atoms with van der Waals surface area (Å²) in [6.45, 7) is 1.93. The van der Waals surface area contributed by atoms with Crippen LogP contribution in [0.5, 0.6) is 0 Å². The Labute approximate surface area is 106 Å². The molecular formula is C13H18N2O3. The lowest BCUT2D eigenvalue weighted by atomic mass is 9.94. The number of amides is 4. The highest BCUT2D eigenvalue weighted by Gasteiger charge is 2.63. The first-order valence-electron chi connectivity index (χ1n) is 6.75. The van der Waals surface area contributed by atoms with Crippen LogP contribution in [0.1, 0.15) is 45.4 Å². The summed E-state index contributed by atoms with van der Waals surface area (Å²) in [5, 5.41) is 2.34. The van der Waals surface area contributed by atoms with Crippen molar-refractivity contribution in [2.24, 2.45) is 11.3 Å². The topological polar surface area (TPSA) is 66.5 Å². The van der Waals surface area contributed by atoms with E-state index in [0.717, 1.165) is 12.8 Å². The van der Waals surface area contributed by atoms with Crippen LogP contribution in [0.4, 0.5) is 4.79 Å². The lowest BCUT2D eigenvalue weighted by molar-refractivity contribution is -0.146. The molecule has 0 aromatic heterocycles. The highest BCUT2D eigenvalue weighted by Crippen LogP contribution is 2.49. The zero-order valence-electron chi connectivity index (χ0n) is 10.6. The Bertz CT molecular complexity index is 422. The monoisotopic (exact) mass is 250 g/mol. The smallest absolute Gasteiger partial charge is 0.277 e. The molecule has 3 fully saturated rings. The molecule has 0 aromatic rings. The standard InChI is InChI=1S/C13H18N2O3/c1-8(9-4-2-3-5-9)15-11(17)13(6-7-13)10(16)14-12(15)18/h8-9H,2-7H2,1H3,(H,14,16,18). The Hall–Kier alpha value is -1.39. The maximum absolute atomic E-state index is 12.4. The molecule has 0 aromatic carbocycles. The van der Waals surface area contributed by atoms with Crippen LogP contribution in [0.3, 0.4) is 0 Å². The largest absolute Gasteiger partial charge is 0.331 e. The molecule has 5 heteroatoms. The summed E-state index contributed by atoms with van der Waals surface area (Å²) < 4.78 is 0. The molecule has 1 spiro atoms. The number of imide groups is 2. The van der Waals surface area contributed by atoms with Crippen LogP contribution in [0, 0.1) is 11.3 Å². The van der Waals surface area contributed by atoms with Crippen molar-refractivity contribution >= 4 is 17.8 Å².